The summed E-state index contributed by atoms with van der Waals surface area (Å²) in [7, 11) is 8.62. The van der Waals surface area contributed by atoms with Gasteiger partial charge in [0.05, 0.1) is 8.07 Å². The summed E-state index contributed by atoms with van der Waals surface area (Å²) in [5.74, 6) is 11.2. The molecule has 0 amide bonds. The molecule has 214 valence electrons. The van der Waals surface area contributed by atoms with Gasteiger partial charge in [-0.25, -0.2) is 0 Å². The first-order valence-electron chi connectivity index (χ1n) is 15.8. The fourth-order valence-electron chi connectivity index (χ4n) is 12.0. The molecular weight excluding hydrogens is 587 g/mol. The van der Waals surface area contributed by atoms with Crippen LogP contribution in [0.25, 0.3) is 0 Å². The van der Waals surface area contributed by atoms with Crippen molar-refractivity contribution in [3.8, 4) is 0 Å². The molecule has 6 saturated carbocycles. The van der Waals surface area contributed by atoms with Crippen LogP contribution in [0.1, 0.15) is 110 Å². The van der Waals surface area contributed by atoms with E-state index in [9.17, 15) is 0 Å². The molecule has 0 aromatic rings. The van der Waals surface area contributed by atoms with Crippen molar-refractivity contribution in [2.24, 2.45) is 59.2 Å². The Bertz CT molecular complexity index is 700. The molecule has 6 rings (SSSR count). The van der Waals surface area contributed by atoms with Crippen molar-refractivity contribution < 1.29 is 20.8 Å². The number of hydrogen-bond acceptors (Lipinski definition) is 0. The number of rotatable bonds is 5. The van der Waals surface area contributed by atoms with Crippen LogP contribution in [0.2, 0.25) is 24.2 Å². The van der Waals surface area contributed by atoms with Crippen LogP contribution in [0.15, 0.2) is 0 Å². The molecule has 0 saturated heterocycles. The third-order valence-electron chi connectivity index (χ3n) is 13.5. The first kappa shape index (κ1) is 33.2. The van der Waals surface area contributed by atoms with Gasteiger partial charge in [-0.1, -0.05) is 91.1 Å². The Labute approximate surface area is 252 Å². The van der Waals surface area contributed by atoms with E-state index in [1.807, 2.05) is 0 Å². The summed E-state index contributed by atoms with van der Waals surface area (Å²) in [6.45, 7) is 11.0. The molecular formula is C33H60Cl2SiZr. The van der Waals surface area contributed by atoms with E-state index in [-0.39, 0.29) is 14.9 Å². The fraction of sp³-hybridized carbons (Fsp3) is 0.939. The summed E-state index contributed by atoms with van der Waals surface area (Å²) in [4.78, 5) is 0. The summed E-state index contributed by atoms with van der Waals surface area (Å²) >= 11 is -0.826. The van der Waals surface area contributed by atoms with Crippen molar-refractivity contribution in [1.82, 2.24) is 0 Å². The number of hydrogen-bond donors (Lipinski definition) is 0. The molecule has 0 bridgehead atoms. The first-order chi connectivity index (χ1) is 16.9. The molecule has 0 radical (unpaired) electrons. The molecule has 0 spiro atoms. The van der Waals surface area contributed by atoms with Gasteiger partial charge in [0.25, 0.3) is 0 Å². The Hall–Kier alpha value is 1.68. The molecule has 12 atom stereocenters. The van der Waals surface area contributed by atoms with E-state index < -0.39 is 28.9 Å². The normalized spacial score (nSPS) is 44.5. The monoisotopic (exact) mass is 644 g/mol. The van der Waals surface area contributed by atoms with Crippen molar-refractivity contribution in [3.63, 3.8) is 0 Å². The summed E-state index contributed by atoms with van der Waals surface area (Å²) in [5, 5.41) is 0. The molecule has 12 unspecified atom stereocenters. The Balaban J connectivity index is 0.000000727. The van der Waals surface area contributed by atoms with E-state index >= 15 is 0 Å². The van der Waals surface area contributed by atoms with Crippen LogP contribution >= 0.6 is 17.0 Å². The molecule has 0 aliphatic heterocycles. The second-order valence-electron chi connectivity index (χ2n) is 14.9. The molecule has 0 nitrogen and oxygen atoms in total. The average molecular weight is 647 g/mol. The second-order valence-corrected chi connectivity index (χ2v) is 23.8. The summed E-state index contributed by atoms with van der Waals surface area (Å²) in [6.07, 6.45) is 23.9. The van der Waals surface area contributed by atoms with Gasteiger partial charge in [-0.05, 0) is 102 Å². The molecule has 0 heterocycles. The Morgan fingerprint density at radius 1 is 0.676 bits per heavy atom. The molecule has 6 aliphatic rings. The van der Waals surface area contributed by atoms with Gasteiger partial charge in [-0.15, -0.1) is 0 Å². The third kappa shape index (κ3) is 6.53. The predicted molar refractivity (Wildman–Crippen MR) is 165 cm³/mol. The average Bonchev–Trinajstić information content (AvgIpc) is 3.60. The van der Waals surface area contributed by atoms with Gasteiger partial charge in [-0.2, -0.15) is 0 Å². The molecule has 6 aliphatic carbocycles. The van der Waals surface area contributed by atoms with E-state index in [2.05, 4.69) is 26.9 Å². The summed E-state index contributed by atoms with van der Waals surface area (Å²) < 4.78 is 0. The van der Waals surface area contributed by atoms with Crippen LogP contribution in [0.5, 0.6) is 0 Å². The van der Waals surface area contributed by atoms with E-state index in [1.165, 1.54) is 23.9 Å². The number of fused-ring (bicyclic) bond motifs is 4. The van der Waals surface area contributed by atoms with Gasteiger partial charge in [-0.3, -0.25) is 0 Å². The number of halogens is 2. The van der Waals surface area contributed by atoms with Gasteiger partial charge >= 0.3 is 37.9 Å². The topological polar surface area (TPSA) is 0 Å². The predicted octanol–water partition coefficient (Wildman–Crippen LogP) is 11.8. The van der Waals surface area contributed by atoms with Crippen LogP contribution in [0.4, 0.5) is 0 Å². The van der Waals surface area contributed by atoms with Gasteiger partial charge in [0.2, 0.25) is 0 Å². The summed E-state index contributed by atoms with van der Waals surface area (Å²) in [6, 6.07) is 0. The Kier molecular flexibility index (Phi) is 12.8. The molecule has 0 aromatic carbocycles. The second kappa shape index (κ2) is 14.2. The van der Waals surface area contributed by atoms with Gasteiger partial charge in [0, 0.05) is 0 Å². The van der Waals surface area contributed by atoms with E-state index in [1.54, 1.807) is 83.5 Å². The Morgan fingerprint density at radius 2 is 1.19 bits per heavy atom. The zero-order valence-corrected chi connectivity index (χ0v) is 30.3. The van der Waals surface area contributed by atoms with Gasteiger partial charge in [0.1, 0.15) is 0 Å². The van der Waals surface area contributed by atoms with Crippen LogP contribution in [-0.4, -0.2) is 8.07 Å². The molecule has 37 heavy (non-hydrogen) atoms. The van der Waals surface area contributed by atoms with Gasteiger partial charge in [0.15, 0.2) is 0 Å². The van der Waals surface area contributed by atoms with Crippen molar-refractivity contribution in [3.05, 3.63) is 14.9 Å². The standard InChI is InChI=1S/C31H54Si.2CH3.2ClH.Zr/c1-5-8-20(2)26-19-31(29-18-24-12-7-11-23(24)17-28(26)29)32(3,4)30-14-13-25-15-21-9-6-10-22(21)16-27(25)30;;;;;/h20-31H,5-19H2,1-4H3;2*1H3;2*1H;/q;2*-1;;;+4/p-2. The SMILES string of the molecule is CCCC(C)C1CC([Si](C)(C)C2CCC3CC4CCCC4CC32)C2CC3CCCC3CC12.[CH3-].[CH3-].[Cl][Zr+2][Cl]. The molecule has 0 N–H and O–H groups in total. The van der Waals surface area contributed by atoms with Crippen molar-refractivity contribution in [1.29, 1.82) is 0 Å². The Morgan fingerprint density at radius 3 is 1.76 bits per heavy atom. The zero-order chi connectivity index (χ0) is 24.7. The quantitative estimate of drug-likeness (QED) is 0.206. The van der Waals surface area contributed by atoms with E-state index in [0.29, 0.717) is 0 Å². The van der Waals surface area contributed by atoms with Crippen LogP contribution in [-0.2, 0) is 20.8 Å². The van der Waals surface area contributed by atoms with Crippen LogP contribution in [0.3, 0.4) is 0 Å². The molecule has 0 aromatic heterocycles. The maximum atomic E-state index is 4.93. The van der Waals surface area contributed by atoms with Crippen LogP contribution in [0, 0.1) is 74.0 Å². The van der Waals surface area contributed by atoms with E-state index in [4.69, 9.17) is 17.0 Å². The minimum atomic E-state index is -1.25. The van der Waals surface area contributed by atoms with Crippen molar-refractivity contribution in [2.75, 3.05) is 0 Å². The summed E-state index contributed by atoms with van der Waals surface area (Å²) in [5.41, 5.74) is 2.35. The zero-order valence-electron chi connectivity index (χ0n) is 25.3. The molecule has 6 fully saturated rings. The van der Waals surface area contributed by atoms with Crippen LogP contribution < -0.4 is 0 Å². The van der Waals surface area contributed by atoms with Crippen molar-refractivity contribution in [2.45, 2.75) is 134 Å². The van der Waals surface area contributed by atoms with E-state index in [0.717, 1.165) is 59.2 Å². The van der Waals surface area contributed by atoms with Crippen molar-refractivity contribution >= 4 is 25.1 Å². The minimum absolute atomic E-state index is 0. The third-order valence-corrected chi connectivity index (χ3v) is 18.7. The van der Waals surface area contributed by atoms with Gasteiger partial charge < -0.3 is 14.9 Å². The molecule has 4 heteroatoms. The fourth-order valence-corrected chi connectivity index (χ4v) is 17.4. The first-order valence-corrected chi connectivity index (χ1v) is 25.3. The maximum absolute atomic E-state index is 4.93.